The number of nitrogens with one attached hydrogen (secondary N) is 1. The van der Waals surface area contributed by atoms with E-state index in [1.54, 1.807) is 0 Å². The highest BCUT2D eigenvalue weighted by Crippen LogP contribution is 2.45. The first-order valence-electron chi connectivity index (χ1n) is 11.2. The molecule has 3 aromatic rings. The minimum Gasteiger partial charge on any atom is -0.383 e. The Bertz CT molecular complexity index is 1220. The highest BCUT2D eigenvalue weighted by atomic mass is 16.2. The molecule has 0 radical (unpaired) electrons. The van der Waals surface area contributed by atoms with Gasteiger partial charge in [-0.05, 0) is 36.3 Å². The Kier molecular flexibility index (Phi) is 5.32. The van der Waals surface area contributed by atoms with Crippen molar-refractivity contribution in [1.29, 1.82) is 0 Å². The van der Waals surface area contributed by atoms with Crippen LogP contribution in [-0.4, -0.2) is 49.6 Å². The van der Waals surface area contributed by atoms with Gasteiger partial charge < -0.3 is 16.0 Å². The van der Waals surface area contributed by atoms with E-state index in [2.05, 4.69) is 21.9 Å². The summed E-state index contributed by atoms with van der Waals surface area (Å²) in [6.07, 6.45) is 4.77. The molecule has 1 saturated heterocycles. The van der Waals surface area contributed by atoms with Crippen LogP contribution in [0, 0.1) is 11.8 Å². The van der Waals surface area contributed by atoms with Gasteiger partial charge in [-0.2, -0.15) is 5.10 Å². The van der Waals surface area contributed by atoms with Crippen LogP contribution in [0.5, 0.6) is 0 Å². The molecule has 1 aliphatic carbocycles. The average molecular weight is 446 g/mol. The van der Waals surface area contributed by atoms with E-state index in [4.69, 9.17) is 10.8 Å². The van der Waals surface area contributed by atoms with Crippen LogP contribution in [0.25, 0.3) is 22.3 Å². The van der Waals surface area contributed by atoms with Gasteiger partial charge in [-0.1, -0.05) is 30.8 Å². The van der Waals surface area contributed by atoms with Crippen molar-refractivity contribution in [2.24, 2.45) is 11.8 Å². The summed E-state index contributed by atoms with van der Waals surface area (Å²) in [4.78, 5) is 33.8. The molecule has 3 heterocycles. The molecule has 9 heteroatoms. The molecule has 2 atom stereocenters. The number of aromatic nitrogens is 4. The Morgan fingerprint density at radius 3 is 2.52 bits per heavy atom. The quantitative estimate of drug-likeness (QED) is 0.582. The van der Waals surface area contributed by atoms with Gasteiger partial charge in [0, 0.05) is 32.1 Å². The van der Waals surface area contributed by atoms with E-state index < -0.39 is 0 Å². The standard InChI is InChI=1S/C24H27N7O2/c1-3-20(33)30-11-17-8-19(9-18(17)12-30)31-24-21(23(25)27-13-28-24)22(29-31)16-6-4-15(5-7-16)10-26-14(2)32/h3-7,13,17-19H,1,8-12H2,2H3,(H,26,32)(H2,25,27,28). The predicted molar refractivity (Wildman–Crippen MR) is 125 cm³/mol. The molecule has 1 aliphatic heterocycles. The number of benzene rings is 1. The lowest BCUT2D eigenvalue weighted by Gasteiger charge is -2.18. The zero-order chi connectivity index (χ0) is 23.1. The Hall–Kier alpha value is -3.75. The van der Waals surface area contributed by atoms with Crippen molar-refractivity contribution in [3.05, 3.63) is 48.8 Å². The molecule has 2 aromatic heterocycles. The summed E-state index contributed by atoms with van der Waals surface area (Å²) < 4.78 is 2.01. The third-order valence-corrected chi connectivity index (χ3v) is 6.85. The van der Waals surface area contributed by atoms with E-state index in [9.17, 15) is 9.59 Å². The van der Waals surface area contributed by atoms with Crippen LogP contribution in [0.1, 0.15) is 31.4 Å². The number of nitrogen functional groups attached to an aromatic ring is 1. The molecule has 2 unspecified atom stereocenters. The maximum atomic E-state index is 12.0. The fourth-order valence-electron chi connectivity index (χ4n) is 5.24. The summed E-state index contributed by atoms with van der Waals surface area (Å²) in [6.45, 7) is 7.13. The monoisotopic (exact) mass is 445 g/mol. The highest BCUT2D eigenvalue weighted by molar-refractivity contribution is 5.98. The molecule has 0 spiro atoms. The second kappa shape index (κ2) is 8.31. The van der Waals surface area contributed by atoms with E-state index in [0.717, 1.165) is 53.8 Å². The summed E-state index contributed by atoms with van der Waals surface area (Å²) in [7, 11) is 0. The first kappa shape index (κ1) is 21.1. The van der Waals surface area contributed by atoms with E-state index in [-0.39, 0.29) is 17.9 Å². The maximum absolute atomic E-state index is 12.0. The molecule has 33 heavy (non-hydrogen) atoms. The number of nitrogens with two attached hydrogens (primary N) is 1. The van der Waals surface area contributed by atoms with Gasteiger partial charge >= 0.3 is 0 Å². The zero-order valence-electron chi connectivity index (χ0n) is 18.6. The van der Waals surface area contributed by atoms with Crippen LogP contribution in [0.3, 0.4) is 0 Å². The molecule has 3 N–H and O–H groups in total. The summed E-state index contributed by atoms with van der Waals surface area (Å²) in [5.74, 6) is 1.26. The first-order chi connectivity index (χ1) is 15.9. The summed E-state index contributed by atoms with van der Waals surface area (Å²) >= 11 is 0. The van der Waals surface area contributed by atoms with Crippen LogP contribution in [-0.2, 0) is 16.1 Å². The van der Waals surface area contributed by atoms with Crippen molar-refractivity contribution in [2.45, 2.75) is 32.4 Å². The van der Waals surface area contributed by atoms with E-state index in [1.807, 2.05) is 33.8 Å². The third-order valence-electron chi connectivity index (χ3n) is 6.85. The van der Waals surface area contributed by atoms with Crippen LogP contribution >= 0.6 is 0 Å². The minimum atomic E-state index is -0.0629. The second-order valence-corrected chi connectivity index (χ2v) is 8.95. The number of hydrogen-bond donors (Lipinski definition) is 2. The third kappa shape index (κ3) is 3.83. The van der Waals surface area contributed by atoms with Crippen molar-refractivity contribution in [3.8, 4) is 11.3 Å². The lowest BCUT2D eigenvalue weighted by molar-refractivity contribution is -0.125. The first-order valence-corrected chi connectivity index (χ1v) is 11.2. The SMILES string of the molecule is C=CC(=O)N1CC2CC(n3nc(-c4ccc(CNC(C)=O)cc4)c4c(N)ncnc43)CC2C1. The van der Waals surface area contributed by atoms with E-state index in [1.165, 1.54) is 19.3 Å². The van der Waals surface area contributed by atoms with Crippen molar-refractivity contribution < 1.29 is 9.59 Å². The number of rotatable bonds is 5. The zero-order valence-corrected chi connectivity index (χ0v) is 18.6. The molecule has 5 rings (SSSR count). The lowest BCUT2D eigenvalue weighted by atomic mass is 10.0. The second-order valence-electron chi connectivity index (χ2n) is 8.95. The van der Waals surface area contributed by atoms with Crippen molar-refractivity contribution in [1.82, 2.24) is 30.0 Å². The molecule has 2 fully saturated rings. The average Bonchev–Trinajstić information content (AvgIpc) is 3.49. The molecule has 9 nitrogen and oxygen atoms in total. The van der Waals surface area contributed by atoms with Gasteiger partial charge in [0.2, 0.25) is 11.8 Å². The smallest absolute Gasteiger partial charge is 0.245 e. The van der Waals surface area contributed by atoms with Crippen LogP contribution in [0.4, 0.5) is 5.82 Å². The number of anilines is 1. The summed E-state index contributed by atoms with van der Waals surface area (Å²) in [6, 6.07) is 8.11. The summed E-state index contributed by atoms with van der Waals surface area (Å²) in [5.41, 5.74) is 9.70. The number of likely N-dealkylation sites (tertiary alicyclic amines) is 1. The topological polar surface area (TPSA) is 119 Å². The number of fused-ring (bicyclic) bond motifs is 2. The Morgan fingerprint density at radius 2 is 1.88 bits per heavy atom. The van der Waals surface area contributed by atoms with Crippen LogP contribution in [0.2, 0.25) is 0 Å². The molecular weight excluding hydrogens is 418 g/mol. The van der Waals surface area contributed by atoms with Gasteiger partial charge in [0.05, 0.1) is 11.4 Å². The highest BCUT2D eigenvalue weighted by Gasteiger charge is 2.43. The maximum Gasteiger partial charge on any atom is 0.245 e. The van der Waals surface area contributed by atoms with E-state index in [0.29, 0.717) is 24.2 Å². The van der Waals surface area contributed by atoms with Gasteiger partial charge in [0.25, 0.3) is 0 Å². The Morgan fingerprint density at radius 1 is 1.18 bits per heavy atom. The molecule has 1 saturated carbocycles. The lowest BCUT2D eigenvalue weighted by Crippen LogP contribution is -2.28. The number of carbonyl (C=O) groups is 2. The molecule has 2 amide bonds. The fourth-order valence-corrected chi connectivity index (χ4v) is 5.24. The van der Waals surface area contributed by atoms with Gasteiger partial charge in [0.15, 0.2) is 5.65 Å². The molecule has 0 bridgehead atoms. The van der Waals surface area contributed by atoms with E-state index >= 15 is 0 Å². The number of carbonyl (C=O) groups excluding carboxylic acids is 2. The van der Waals surface area contributed by atoms with Crippen molar-refractivity contribution in [2.75, 3.05) is 18.8 Å². The largest absolute Gasteiger partial charge is 0.383 e. The fraction of sp³-hybridized carbons (Fsp3) is 0.375. The molecular formula is C24H27N7O2. The van der Waals surface area contributed by atoms with Gasteiger partial charge in [-0.25, -0.2) is 14.6 Å². The molecule has 2 aliphatic rings. The van der Waals surface area contributed by atoms with Gasteiger partial charge in [-0.3, -0.25) is 9.59 Å². The Labute approximate surface area is 191 Å². The normalized spacial score (nSPS) is 21.8. The van der Waals surface area contributed by atoms with Crippen LogP contribution in [0.15, 0.2) is 43.2 Å². The molecule has 1 aromatic carbocycles. The number of nitrogens with zero attached hydrogens (tertiary/aromatic N) is 5. The predicted octanol–water partition coefficient (Wildman–Crippen LogP) is 2.31. The van der Waals surface area contributed by atoms with Gasteiger partial charge in [-0.15, -0.1) is 0 Å². The van der Waals surface area contributed by atoms with Gasteiger partial charge in [0.1, 0.15) is 17.8 Å². The number of amides is 2. The Balaban J connectivity index is 1.44. The minimum absolute atomic E-state index is 0.00948. The van der Waals surface area contributed by atoms with Crippen LogP contribution < -0.4 is 11.1 Å². The summed E-state index contributed by atoms with van der Waals surface area (Å²) in [5, 5.41) is 8.53. The molecule has 170 valence electrons. The van der Waals surface area contributed by atoms with Crippen molar-refractivity contribution in [3.63, 3.8) is 0 Å². The number of hydrogen-bond acceptors (Lipinski definition) is 6. The van der Waals surface area contributed by atoms with Crippen molar-refractivity contribution >= 4 is 28.7 Å².